The van der Waals surface area contributed by atoms with Gasteiger partial charge < -0.3 is 4.74 Å². The van der Waals surface area contributed by atoms with E-state index in [0.29, 0.717) is 12.3 Å². The van der Waals surface area contributed by atoms with Gasteiger partial charge in [0.1, 0.15) is 5.75 Å². The van der Waals surface area contributed by atoms with Gasteiger partial charge in [-0.05, 0) is 34.5 Å². The molecule has 1 aromatic carbocycles. The van der Waals surface area contributed by atoms with Gasteiger partial charge in [0, 0.05) is 12.6 Å². The van der Waals surface area contributed by atoms with Gasteiger partial charge in [-0.15, -0.1) is 0 Å². The number of benzene rings is 1. The van der Waals surface area contributed by atoms with E-state index in [2.05, 4.69) is 4.72 Å². The maximum Gasteiger partial charge on any atom is 0.241 e. The summed E-state index contributed by atoms with van der Waals surface area (Å²) in [6.45, 7) is 0.295. The van der Waals surface area contributed by atoms with Crippen LogP contribution in [0.5, 0.6) is 5.75 Å². The molecule has 18 heavy (non-hydrogen) atoms. The summed E-state index contributed by atoms with van der Waals surface area (Å²) in [6, 6.07) is 8.28. The SMILES string of the molecule is COc1cccc(S(=O)(=O)NCc2ccsc2)c1. The van der Waals surface area contributed by atoms with Crippen molar-refractivity contribution in [3.05, 3.63) is 46.7 Å². The Bertz CT molecular complexity index is 606. The zero-order chi connectivity index (χ0) is 13.0. The molecular weight excluding hydrogens is 270 g/mol. The number of sulfonamides is 1. The second kappa shape index (κ2) is 5.51. The molecule has 0 amide bonds. The van der Waals surface area contributed by atoms with E-state index in [9.17, 15) is 8.42 Å². The zero-order valence-corrected chi connectivity index (χ0v) is 11.4. The summed E-state index contributed by atoms with van der Waals surface area (Å²) in [5.41, 5.74) is 0.950. The third-order valence-corrected chi connectivity index (χ3v) is 4.53. The van der Waals surface area contributed by atoms with Crippen LogP contribution in [-0.4, -0.2) is 15.5 Å². The molecule has 0 radical (unpaired) electrons. The Morgan fingerprint density at radius 3 is 2.83 bits per heavy atom. The van der Waals surface area contributed by atoms with E-state index in [4.69, 9.17) is 4.74 Å². The van der Waals surface area contributed by atoms with E-state index in [1.807, 2.05) is 16.8 Å². The highest BCUT2D eigenvalue weighted by Crippen LogP contribution is 2.17. The average molecular weight is 283 g/mol. The quantitative estimate of drug-likeness (QED) is 0.915. The first kappa shape index (κ1) is 13.1. The largest absolute Gasteiger partial charge is 0.497 e. The molecule has 0 saturated heterocycles. The number of thiophene rings is 1. The Balaban J connectivity index is 2.14. The Morgan fingerprint density at radius 1 is 1.33 bits per heavy atom. The van der Waals surface area contributed by atoms with Crippen molar-refractivity contribution in [3.63, 3.8) is 0 Å². The highest BCUT2D eigenvalue weighted by Gasteiger charge is 2.14. The molecule has 0 aliphatic carbocycles. The summed E-state index contributed by atoms with van der Waals surface area (Å²) in [5, 5.41) is 3.82. The molecule has 0 unspecified atom stereocenters. The molecule has 4 nitrogen and oxygen atoms in total. The summed E-state index contributed by atoms with van der Waals surface area (Å²) < 4.78 is 31.6. The molecule has 0 aliphatic heterocycles. The van der Waals surface area contributed by atoms with Gasteiger partial charge in [-0.25, -0.2) is 13.1 Å². The highest BCUT2D eigenvalue weighted by molar-refractivity contribution is 7.89. The summed E-state index contributed by atoms with van der Waals surface area (Å²) in [5.74, 6) is 0.522. The normalized spacial score (nSPS) is 11.4. The lowest BCUT2D eigenvalue weighted by Crippen LogP contribution is -2.22. The van der Waals surface area contributed by atoms with Crippen molar-refractivity contribution >= 4 is 21.4 Å². The lowest BCUT2D eigenvalue weighted by atomic mass is 10.3. The van der Waals surface area contributed by atoms with Crippen molar-refractivity contribution in [1.82, 2.24) is 4.72 Å². The van der Waals surface area contributed by atoms with Crippen LogP contribution in [0.3, 0.4) is 0 Å². The molecule has 1 heterocycles. The fraction of sp³-hybridized carbons (Fsp3) is 0.167. The molecule has 0 atom stereocenters. The first-order chi connectivity index (χ1) is 8.62. The smallest absolute Gasteiger partial charge is 0.241 e. The maximum atomic E-state index is 12.0. The first-order valence-electron chi connectivity index (χ1n) is 5.26. The number of methoxy groups -OCH3 is 1. The minimum atomic E-state index is -3.49. The van der Waals surface area contributed by atoms with Crippen molar-refractivity contribution in [1.29, 1.82) is 0 Å². The molecule has 1 N–H and O–H groups in total. The molecule has 2 aromatic rings. The number of rotatable bonds is 5. The van der Waals surface area contributed by atoms with Crippen LogP contribution < -0.4 is 9.46 Å². The molecule has 0 fully saturated rings. The van der Waals surface area contributed by atoms with Gasteiger partial charge in [0.15, 0.2) is 0 Å². The van der Waals surface area contributed by atoms with Gasteiger partial charge >= 0.3 is 0 Å². The van der Waals surface area contributed by atoms with Crippen LogP contribution in [0.4, 0.5) is 0 Å². The number of nitrogens with one attached hydrogen (secondary N) is 1. The number of hydrogen-bond acceptors (Lipinski definition) is 4. The van der Waals surface area contributed by atoms with Crippen LogP contribution in [0.1, 0.15) is 5.56 Å². The molecule has 0 spiro atoms. The number of ether oxygens (including phenoxy) is 1. The summed E-state index contributed by atoms with van der Waals surface area (Å²) in [7, 11) is -1.99. The zero-order valence-electron chi connectivity index (χ0n) is 9.79. The summed E-state index contributed by atoms with van der Waals surface area (Å²) >= 11 is 1.54. The van der Waals surface area contributed by atoms with E-state index in [1.165, 1.54) is 24.5 Å². The van der Waals surface area contributed by atoms with E-state index >= 15 is 0 Å². The van der Waals surface area contributed by atoms with Gasteiger partial charge in [-0.1, -0.05) is 6.07 Å². The Hall–Kier alpha value is -1.37. The Morgan fingerprint density at radius 2 is 2.17 bits per heavy atom. The lowest BCUT2D eigenvalue weighted by Gasteiger charge is -2.07. The van der Waals surface area contributed by atoms with Gasteiger partial charge in [-0.2, -0.15) is 11.3 Å². The van der Waals surface area contributed by atoms with Crippen molar-refractivity contribution in [2.45, 2.75) is 11.4 Å². The Kier molecular flexibility index (Phi) is 4.00. The Labute approximate surface area is 110 Å². The van der Waals surface area contributed by atoms with E-state index in [-0.39, 0.29) is 4.90 Å². The molecular formula is C12H13NO3S2. The van der Waals surface area contributed by atoms with E-state index in [0.717, 1.165) is 5.56 Å². The predicted octanol–water partition coefficient (Wildman–Crippen LogP) is 2.24. The van der Waals surface area contributed by atoms with Gasteiger partial charge in [0.05, 0.1) is 12.0 Å². The highest BCUT2D eigenvalue weighted by atomic mass is 32.2. The molecule has 0 aliphatic rings. The van der Waals surface area contributed by atoms with Crippen LogP contribution in [-0.2, 0) is 16.6 Å². The summed E-state index contributed by atoms with van der Waals surface area (Å²) in [6.07, 6.45) is 0. The monoisotopic (exact) mass is 283 g/mol. The van der Waals surface area contributed by atoms with Crippen molar-refractivity contribution in [3.8, 4) is 5.75 Å². The average Bonchev–Trinajstić information content (AvgIpc) is 2.90. The molecule has 6 heteroatoms. The van der Waals surface area contributed by atoms with Gasteiger partial charge in [0.2, 0.25) is 10.0 Å². The standard InChI is InChI=1S/C12H13NO3S2/c1-16-11-3-2-4-12(7-11)18(14,15)13-8-10-5-6-17-9-10/h2-7,9,13H,8H2,1H3. The van der Waals surface area contributed by atoms with Gasteiger partial charge in [-0.3, -0.25) is 0 Å². The van der Waals surface area contributed by atoms with Crippen LogP contribution in [0, 0.1) is 0 Å². The van der Waals surface area contributed by atoms with E-state index < -0.39 is 10.0 Å². The first-order valence-corrected chi connectivity index (χ1v) is 7.69. The third-order valence-electron chi connectivity index (χ3n) is 2.40. The predicted molar refractivity (Wildman–Crippen MR) is 71.3 cm³/mol. The maximum absolute atomic E-state index is 12.0. The fourth-order valence-electron chi connectivity index (χ4n) is 1.42. The second-order valence-electron chi connectivity index (χ2n) is 3.64. The lowest BCUT2D eigenvalue weighted by molar-refractivity contribution is 0.413. The summed E-state index contributed by atoms with van der Waals surface area (Å²) in [4.78, 5) is 0.206. The minimum Gasteiger partial charge on any atom is -0.497 e. The second-order valence-corrected chi connectivity index (χ2v) is 6.18. The van der Waals surface area contributed by atoms with Gasteiger partial charge in [0.25, 0.3) is 0 Å². The van der Waals surface area contributed by atoms with Crippen molar-refractivity contribution in [2.24, 2.45) is 0 Å². The van der Waals surface area contributed by atoms with Crippen LogP contribution in [0.2, 0.25) is 0 Å². The number of hydrogen-bond donors (Lipinski definition) is 1. The van der Waals surface area contributed by atoms with Crippen LogP contribution in [0.25, 0.3) is 0 Å². The van der Waals surface area contributed by atoms with Crippen molar-refractivity contribution < 1.29 is 13.2 Å². The molecule has 1 aromatic heterocycles. The molecule has 2 rings (SSSR count). The fourth-order valence-corrected chi connectivity index (χ4v) is 3.14. The molecule has 0 saturated carbocycles. The minimum absolute atomic E-state index is 0.206. The third kappa shape index (κ3) is 3.10. The molecule has 96 valence electrons. The van der Waals surface area contributed by atoms with Crippen LogP contribution >= 0.6 is 11.3 Å². The van der Waals surface area contributed by atoms with E-state index in [1.54, 1.807) is 18.2 Å². The molecule has 0 bridgehead atoms. The van der Waals surface area contributed by atoms with Crippen LogP contribution in [0.15, 0.2) is 46.0 Å². The topological polar surface area (TPSA) is 55.4 Å². The van der Waals surface area contributed by atoms with Crippen molar-refractivity contribution in [2.75, 3.05) is 7.11 Å².